The van der Waals surface area contributed by atoms with Crippen LogP contribution in [0.4, 0.5) is 22.0 Å². The van der Waals surface area contributed by atoms with Crippen LogP contribution in [0.1, 0.15) is 29.8 Å². The molecule has 2 aliphatic heterocycles. The number of pyridine rings is 1. The van der Waals surface area contributed by atoms with E-state index in [1.807, 2.05) is 13.0 Å². The molecule has 5 rings (SSSR count). The summed E-state index contributed by atoms with van der Waals surface area (Å²) in [5.41, 5.74) is 2.60. The molecule has 0 bridgehead atoms. The molecule has 2 aliphatic rings. The van der Waals surface area contributed by atoms with Gasteiger partial charge in [-0.15, -0.1) is 0 Å². The summed E-state index contributed by atoms with van der Waals surface area (Å²) in [6.45, 7) is 10.2. The molecule has 4 heterocycles. The maximum atomic E-state index is 13.6. The van der Waals surface area contributed by atoms with Crippen molar-refractivity contribution in [3.63, 3.8) is 0 Å². The zero-order valence-corrected chi connectivity index (χ0v) is 21.3. The first kappa shape index (κ1) is 24.9. The van der Waals surface area contributed by atoms with Crippen LogP contribution in [0.15, 0.2) is 42.6 Å². The maximum absolute atomic E-state index is 13.6. The lowest BCUT2D eigenvalue weighted by Crippen LogP contribution is -2.53. The topological polar surface area (TPSA) is 94.9 Å². The first-order valence-electron chi connectivity index (χ1n) is 12.5. The summed E-state index contributed by atoms with van der Waals surface area (Å²) >= 11 is 0. The van der Waals surface area contributed by atoms with Crippen LogP contribution >= 0.6 is 0 Å². The lowest BCUT2D eigenvalue weighted by molar-refractivity contribution is 0.0696. The van der Waals surface area contributed by atoms with Crippen molar-refractivity contribution in [2.45, 2.75) is 32.9 Å². The Kier molecular flexibility index (Phi) is 6.92. The summed E-state index contributed by atoms with van der Waals surface area (Å²) in [7, 11) is 0. The third-order valence-corrected chi connectivity index (χ3v) is 6.98. The van der Waals surface area contributed by atoms with Gasteiger partial charge in [0.1, 0.15) is 17.5 Å². The van der Waals surface area contributed by atoms with E-state index in [0.29, 0.717) is 45.3 Å². The van der Waals surface area contributed by atoms with Crippen molar-refractivity contribution >= 4 is 23.6 Å². The molecule has 37 heavy (non-hydrogen) atoms. The number of nitrogens with zero attached hydrogens (tertiary/aromatic N) is 6. The van der Waals surface area contributed by atoms with Crippen LogP contribution in [0, 0.1) is 12.7 Å². The molecule has 1 N–H and O–H groups in total. The van der Waals surface area contributed by atoms with E-state index in [9.17, 15) is 14.3 Å². The molecule has 10 heteroatoms. The van der Waals surface area contributed by atoms with Crippen molar-refractivity contribution in [1.82, 2.24) is 15.0 Å². The minimum atomic E-state index is -0.980. The number of aromatic nitrogens is 3. The Hall–Kier alpha value is -3.79. The summed E-state index contributed by atoms with van der Waals surface area (Å²) in [5.74, 6) is 0.996. The molecular formula is C27H31FN6O3. The lowest BCUT2D eigenvalue weighted by atomic mass is 10.1. The average Bonchev–Trinajstić information content (AvgIpc) is 2.89. The molecule has 2 aromatic heterocycles. The number of carboxylic acid groups (broad SMARTS) is 1. The summed E-state index contributed by atoms with van der Waals surface area (Å²) in [6, 6.07) is 10.3. The van der Waals surface area contributed by atoms with E-state index in [2.05, 4.69) is 33.5 Å². The van der Waals surface area contributed by atoms with Crippen LogP contribution in [0.25, 0.3) is 11.3 Å². The van der Waals surface area contributed by atoms with Gasteiger partial charge in [0.15, 0.2) is 0 Å². The fraction of sp³-hybridized carbons (Fsp3) is 0.407. The average molecular weight is 507 g/mol. The monoisotopic (exact) mass is 506 g/mol. The van der Waals surface area contributed by atoms with Gasteiger partial charge in [-0.3, -0.25) is 0 Å². The molecule has 0 aliphatic carbocycles. The quantitative estimate of drug-likeness (QED) is 0.557. The number of aromatic carboxylic acids is 1. The number of halogens is 1. The maximum Gasteiger partial charge on any atom is 0.337 e. The van der Waals surface area contributed by atoms with Crippen molar-refractivity contribution in [3.8, 4) is 11.3 Å². The second-order valence-electron chi connectivity index (χ2n) is 9.69. The van der Waals surface area contributed by atoms with Gasteiger partial charge in [-0.1, -0.05) is 0 Å². The van der Waals surface area contributed by atoms with E-state index < -0.39 is 5.97 Å². The Balaban J connectivity index is 1.44. The number of aryl methyl sites for hydroxylation is 1. The highest BCUT2D eigenvalue weighted by Gasteiger charge is 2.29. The van der Waals surface area contributed by atoms with Gasteiger partial charge in [-0.05, 0) is 56.7 Å². The third-order valence-electron chi connectivity index (χ3n) is 6.98. The van der Waals surface area contributed by atoms with Gasteiger partial charge in [0.25, 0.3) is 0 Å². The Morgan fingerprint density at radius 1 is 1.05 bits per heavy atom. The van der Waals surface area contributed by atoms with Crippen molar-refractivity contribution in [2.75, 3.05) is 54.1 Å². The van der Waals surface area contributed by atoms with Crippen LogP contribution in [0.2, 0.25) is 0 Å². The Labute approximate surface area is 215 Å². The van der Waals surface area contributed by atoms with Crippen molar-refractivity contribution in [2.24, 2.45) is 0 Å². The van der Waals surface area contributed by atoms with Gasteiger partial charge in [0, 0.05) is 50.0 Å². The van der Waals surface area contributed by atoms with Gasteiger partial charge >= 0.3 is 5.97 Å². The van der Waals surface area contributed by atoms with Gasteiger partial charge in [-0.2, -0.15) is 4.98 Å². The molecule has 0 amide bonds. The van der Waals surface area contributed by atoms with Crippen molar-refractivity contribution in [1.29, 1.82) is 0 Å². The van der Waals surface area contributed by atoms with E-state index in [1.165, 1.54) is 18.3 Å². The number of morpholine rings is 1. The summed E-state index contributed by atoms with van der Waals surface area (Å²) in [4.78, 5) is 32.2. The first-order chi connectivity index (χ1) is 17.8. The molecule has 194 valence electrons. The summed E-state index contributed by atoms with van der Waals surface area (Å²) in [6.07, 6.45) is 1.41. The number of hydrogen-bond donors (Lipinski definition) is 1. The number of carbonyl (C=O) groups is 1. The van der Waals surface area contributed by atoms with Crippen LogP contribution in [-0.4, -0.2) is 77.5 Å². The minimum Gasteiger partial charge on any atom is -0.478 e. The molecule has 0 radical (unpaired) electrons. The highest BCUT2D eigenvalue weighted by atomic mass is 19.1. The van der Waals surface area contributed by atoms with Gasteiger partial charge in [-0.25, -0.2) is 19.2 Å². The van der Waals surface area contributed by atoms with Gasteiger partial charge < -0.3 is 24.5 Å². The van der Waals surface area contributed by atoms with Crippen LogP contribution in [0.3, 0.4) is 0 Å². The van der Waals surface area contributed by atoms with E-state index in [1.54, 1.807) is 18.2 Å². The van der Waals surface area contributed by atoms with Gasteiger partial charge in [0.05, 0.1) is 30.5 Å². The fourth-order valence-electron chi connectivity index (χ4n) is 5.00. The van der Waals surface area contributed by atoms with Crippen LogP contribution in [-0.2, 0) is 4.74 Å². The van der Waals surface area contributed by atoms with E-state index in [0.717, 1.165) is 28.5 Å². The molecule has 3 aromatic rings. The zero-order chi connectivity index (χ0) is 26.1. The third kappa shape index (κ3) is 5.20. The molecule has 9 nitrogen and oxygen atoms in total. The van der Waals surface area contributed by atoms with E-state index in [-0.39, 0.29) is 23.5 Å². The smallest absolute Gasteiger partial charge is 0.337 e. The second kappa shape index (κ2) is 10.3. The van der Waals surface area contributed by atoms with Crippen LogP contribution in [0.5, 0.6) is 0 Å². The minimum absolute atomic E-state index is 0.111. The van der Waals surface area contributed by atoms with E-state index in [4.69, 9.17) is 14.7 Å². The summed E-state index contributed by atoms with van der Waals surface area (Å²) < 4.78 is 19.2. The molecule has 1 aromatic carbocycles. The van der Waals surface area contributed by atoms with Crippen molar-refractivity contribution < 1.29 is 19.0 Å². The predicted molar refractivity (Wildman–Crippen MR) is 140 cm³/mol. The summed E-state index contributed by atoms with van der Waals surface area (Å²) in [5, 5.41) is 9.26. The van der Waals surface area contributed by atoms with Crippen molar-refractivity contribution in [3.05, 3.63) is 59.5 Å². The lowest BCUT2D eigenvalue weighted by Gasteiger charge is -2.42. The molecule has 0 saturated carbocycles. The van der Waals surface area contributed by atoms with E-state index >= 15 is 0 Å². The predicted octanol–water partition coefficient (Wildman–Crippen LogP) is 3.62. The standard InChI is InChI=1S/C27H31FN6O3/c1-17-12-21(26(35)36)14-29-25(17)32-8-9-33(18(2)15-32)24-13-23(20-4-6-22(28)7-5-20)30-27(31-24)34-10-11-37-16-19(34)3/h4-7,12-14,18-19H,8-11,15-16H2,1-3H3,(H,35,36). The molecule has 0 spiro atoms. The molecule has 2 fully saturated rings. The highest BCUT2D eigenvalue weighted by Crippen LogP contribution is 2.30. The van der Waals surface area contributed by atoms with Crippen LogP contribution < -0.4 is 14.7 Å². The molecule has 2 atom stereocenters. The number of hydrogen-bond acceptors (Lipinski definition) is 8. The highest BCUT2D eigenvalue weighted by molar-refractivity contribution is 5.87. The molecule has 2 unspecified atom stereocenters. The number of ether oxygens (including phenoxy) is 1. The Morgan fingerprint density at radius 2 is 1.84 bits per heavy atom. The number of benzene rings is 1. The number of anilines is 3. The second-order valence-corrected chi connectivity index (χ2v) is 9.69. The SMILES string of the molecule is Cc1cc(C(=O)O)cnc1N1CCN(c2cc(-c3ccc(F)cc3)nc(N3CCOCC3C)n2)C(C)C1. The molecular weight excluding hydrogens is 475 g/mol. The fourth-order valence-corrected chi connectivity index (χ4v) is 5.00. The first-order valence-corrected chi connectivity index (χ1v) is 12.5. The zero-order valence-electron chi connectivity index (χ0n) is 21.3. The normalized spacial score (nSPS) is 20.3. The Bertz CT molecular complexity index is 1290. The largest absolute Gasteiger partial charge is 0.478 e. The van der Waals surface area contributed by atoms with Gasteiger partial charge in [0.2, 0.25) is 5.95 Å². The molecule has 2 saturated heterocycles. The number of rotatable bonds is 5. The number of carboxylic acids is 1. The Morgan fingerprint density at radius 3 is 2.51 bits per heavy atom. The number of piperazine rings is 1.